The van der Waals surface area contributed by atoms with Crippen LogP contribution in [-0.4, -0.2) is 25.7 Å². The molecule has 0 bridgehead atoms. The third kappa shape index (κ3) is 5.30. The Morgan fingerprint density at radius 3 is 2.04 bits per heavy atom. The number of anilines is 1. The monoisotopic (exact) mass is 336 g/mol. The zero-order valence-electron chi connectivity index (χ0n) is 13.5. The maximum absolute atomic E-state index is 12.1. The smallest absolute Gasteiger partial charge is 0.406 e. The van der Waals surface area contributed by atoms with E-state index in [0.717, 1.165) is 24.3 Å². The zero-order chi connectivity index (χ0) is 17.6. The minimum Gasteiger partial charge on any atom is -0.406 e. The molecule has 0 radical (unpaired) electrons. The Balaban J connectivity index is 2.02. The molecule has 0 aliphatic heterocycles. The van der Waals surface area contributed by atoms with Gasteiger partial charge in [-0.15, -0.1) is 13.2 Å². The van der Waals surface area contributed by atoms with E-state index < -0.39 is 6.36 Å². The molecule has 3 nitrogen and oxygen atoms in total. The molecule has 0 aliphatic rings. The largest absolute Gasteiger partial charge is 0.573 e. The molecule has 0 heterocycles. The first-order valence-electron chi connectivity index (χ1n) is 7.66. The summed E-state index contributed by atoms with van der Waals surface area (Å²) in [6, 6.07) is 13.4. The number of ether oxygens (including phenoxy) is 1. The molecule has 0 aromatic heterocycles. The molecule has 0 spiro atoms. The van der Waals surface area contributed by atoms with Gasteiger partial charge in [-0.1, -0.05) is 12.1 Å². The van der Waals surface area contributed by atoms with E-state index >= 15 is 0 Å². The summed E-state index contributed by atoms with van der Waals surface area (Å²) >= 11 is 0. The molecule has 24 heavy (non-hydrogen) atoms. The summed E-state index contributed by atoms with van der Waals surface area (Å²) in [7, 11) is 0. The Hall–Kier alpha value is -2.50. The summed E-state index contributed by atoms with van der Waals surface area (Å²) in [5.74, 6) is -0.259. The first-order chi connectivity index (χ1) is 11.4. The molecular weight excluding hydrogens is 317 g/mol. The average molecular weight is 336 g/mol. The lowest BCUT2D eigenvalue weighted by Crippen LogP contribution is -2.21. The van der Waals surface area contributed by atoms with E-state index in [2.05, 4.69) is 28.5 Å². The molecule has 0 saturated heterocycles. The fourth-order valence-electron chi connectivity index (χ4n) is 2.24. The minimum atomic E-state index is -4.68. The topological polar surface area (TPSA) is 24.8 Å². The van der Waals surface area contributed by atoms with Crippen LogP contribution in [0.4, 0.5) is 24.5 Å². The number of aliphatic imine (C=N–C) groups is 1. The van der Waals surface area contributed by atoms with Crippen LogP contribution in [0.3, 0.4) is 0 Å². The number of benzene rings is 2. The third-order valence-corrected chi connectivity index (χ3v) is 3.45. The number of alkyl halides is 3. The molecule has 2 aromatic rings. The van der Waals surface area contributed by atoms with E-state index in [0.29, 0.717) is 5.69 Å². The number of rotatable bonds is 6. The van der Waals surface area contributed by atoms with Crippen molar-refractivity contribution >= 4 is 17.6 Å². The number of hydrogen-bond donors (Lipinski definition) is 0. The Morgan fingerprint density at radius 1 is 0.958 bits per heavy atom. The molecule has 0 saturated carbocycles. The molecular formula is C18H19F3N2O. The van der Waals surface area contributed by atoms with Crippen LogP contribution in [0.15, 0.2) is 53.5 Å². The van der Waals surface area contributed by atoms with E-state index in [-0.39, 0.29) is 5.75 Å². The quantitative estimate of drug-likeness (QED) is 0.679. The van der Waals surface area contributed by atoms with Crippen molar-refractivity contribution in [3.63, 3.8) is 0 Å². The second-order valence-electron chi connectivity index (χ2n) is 5.06. The van der Waals surface area contributed by atoms with E-state index in [1.165, 1.54) is 24.3 Å². The highest BCUT2D eigenvalue weighted by atomic mass is 19.4. The summed E-state index contributed by atoms with van der Waals surface area (Å²) in [4.78, 5) is 6.49. The van der Waals surface area contributed by atoms with Crippen LogP contribution in [-0.2, 0) is 0 Å². The zero-order valence-corrected chi connectivity index (χ0v) is 13.5. The molecule has 0 amide bonds. The summed E-state index contributed by atoms with van der Waals surface area (Å²) in [6.07, 6.45) is -3.01. The van der Waals surface area contributed by atoms with Gasteiger partial charge in [0.2, 0.25) is 0 Å². The molecule has 6 heteroatoms. The number of hydrogen-bond acceptors (Lipinski definition) is 3. The predicted molar refractivity (Wildman–Crippen MR) is 90.4 cm³/mol. The van der Waals surface area contributed by atoms with Crippen LogP contribution < -0.4 is 9.64 Å². The highest BCUT2D eigenvalue weighted by Gasteiger charge is 2.30. The Labute approximate surface area is 139 Å². The lowest BCUT2D eigenvalue weighted by molar-refractivity contribution is -0.274. The molecule has 0 aliphatic carbocycles. The van der Waals surface area contributed by atoms with Crippen LogP contribution >= 0.6 is 0 Å². The molecule has 128 valence electrons. The van der Waals surface area contributed by atoms with Gasteiger partial charge in [-0.3, -0.25) is 4.99 Å². The van der Waals surface area contributed by atoms with Gasteiger partial charge < -0.3 is 9.64 Å². The van der Waals surface area contributed by atoms with Crippen molar-refractivity contribution in [3.8, 4) is 5.75 Å². The van der Waals surface area contributed by atoms with Crippen molar-refractivity contribution in [2.45, 2.75) is 20.2 Å². The molecule has 0 unspecified atom stereocenters. The first-order valence-corrected chi connectivity index (χ1v) is 7.66. The van der Waals surface area contributed by atoms with Gasteiger partial charge >= 0.3 is 6.36 Å². The first kappa shape index (κ1) is 17.8. The maximum atomic E-state index is 12.1. The van der Waals surface area contributed by atoms with Crippen molar-refractivity contribution in [1.82, 2.24) is 0 Å². The molecule has 2 rings (SSSR count). The molecule has 0 fully saturated rings. The van der Waals surface area contributed by atoms with E-state index in [1.54, 1.807) is 6.21 Å². The fourth-order valence-corrected chi connectivity index (χ4v) is 2.24. The van der Waals surface area contributed by atoms with Crippen molar-refractivity contribution in [2.24, 2.45) is 4.99 Å². The van der Waals surface area contributed by atoms with Crippen LogP contribution in [0, 0.1) is 0 Å². The van der Waals surface area contributed by atoms with Crippen molar-refractivity contribution in [3.05, 3.63) is 54.1 Å². The van der Waals surface area contributed by atoms with Crippen LogP contribution in [0.25, 0.3) is 0 Å². The summed E-state index contributed by atoms with van der Waals surface area (Å²) in [5.41, 5.74) is 2.62. The number of nitrogens with zero attached hydrogens (tertiary/aromatic N) is 2. The van der Waals surface area contributed by atoms with E-state index in [9.17, 15) is 13.2 Å². The van der Waals surface area contributed by atoms with Crippen molar-refractivity contribution in [1.29, 1.82) is 0 Å². The SMILES string of the molecule is CCN(CC)c1ccc(C=Nc2ccc(OC(F)(F)F)cc2)cc1. The second kappa shape index (κ2) is 7.86. The van der Waals surface area contributed by atoms with Gasteiger partial charge in [-0.25, -0.2) is 0 Å². The van der Waals surface area contributed by atoms with Gasteiger partial charge in [-0.05, 0) is 55.8 Å². The van der Waals surface area contributed by atoms with E-state index in [4.69, 9.17) is 0 Å². The van der Waals surface area contributed by atoms with Crippen LogP contribution in [0.5, 0.6) is 5.75 Å². The van der Waals surface area contributed by atoms with Gasteiger partial charge in [0.15, 0.2) is 0 Å². The lowest BCUT2D eigenvalue weighted by Gasteiger charge is -2.20. The van der Waals surface area contributed by atoms with Crippen LogP contribution in [0.1, 0.15) is 19.4 Å². The maximum Gasteiger partial charge on any atom is 0.573 e. The van der Waals surface area contributed by atoms with Crippen molar-refractivity contribution < 1.29 is 17.9 Å². The Bertz CT molecular complexity index is 660. The van der Waals surface area contributed by atoms with Gasteiger partial charge in [-0.2, -0.15) is 0 Å². The van der Waals surface area contributed by atoms with Gasteiger partial charge in [0.25, 0.3) is 0 Å². The highest BCUT2D eigenvalue weighted by Crippen LogP contribution is 2.25. The van der Waals surface area contributed by atoms with E-state index in [1.807, 2.05) is 24.3 Å². The second-order valence-corrected chi connectivity index (χ2v) is 5.06. The van der Waals surface area contributed by atoms with Gasteiger partial charge in [0, 0.05) is 25.0 Å². The number of halogens is 3. The Kier molecular flexibility index (Phi) is 5.84. The predicted octanol–water partition coefficient (Wildman–Crippen LogP) is 5.18. The lowest BCUT2D eigenvalue weighted by atomic mass is 10.2. The summed E-state index contributed by atoms with van der Waals surface area (Å²) < 4.78 is 40.1. The van der Waals surface area contributed by atoms with Gasteiger partial charge in [0.05, 0.1) is 5.69 Å². The Morgan fingerprint density at radius 2 is 1.54 bits per heavy atom. The fraction of sp³-hybridized carbons (Fsp3) is 0.278. The standard InChI is InChI=1S/C18H19F3N2O/c1-3-23(4-2)16-9-5-14(6-10-16)13-22-15-7-11-17(12-8-15)24-18(19,20)21/h5-13H,3-4H2,1-2H3. The minimum absolute atomic E-state index is 0.259. The van der Waals surface area contributed by atoms with Gasteiger partial charge in [0.1, 0.15) is 5.75 Å². The summed E-state index contributed by atoms with van der Waals surface area (Å²) in [5, 5.41) is 0. The third-order valence-electron chi connectivity index (χ3n) is 3.45. The molecule has 2 aromatic carbocycles. The molecule has 0 atom stereocenters. The van der Waals surface area contributed by atoms with Crippen molar-refractivity contribution in [2.75, 3.05) is 18.0 Å². The van der Waals surface area contributed by atoms with Crippen LogP contribution in [0.2, 0.25) is 0 Å². The molecule has 0 N–H and O–H groups in total. The normalized spacial score (nSPS) is 11.7. The summed E-state index contributed by atoms with van der Waals surface area (Å²) in [6.45, 7) is 6.09. The average Bonchev–Trinajstić information content (AvgIpc) is 2.55. The highest BCUT2D eigenvalue weighted by molar-refractivity contribution is 5.82.